The van der Waals surface area contributed by atoms with Gasteiger partial charge in [0.25, 0.3) is 5.91 Å². The minimum absolute atomic E-state index is 0.0204. The molecule has 2 aromatic carbocycles. The van der Waals surface area contributed by atoms with Crippen LogP contribution in [0, 0.1) is 11.8 Å². The van der Waals surface area contributed by atoms with Crippen LogP contribution in [0.1, 0.15) is 39.5 Å². The van der Waals surface area contributed by atoms with Gasteiger partial charge in [0.05, 0.1) is 18.2 Å². The summed E-state index contributed by atoms with van der Waals surface area (Å²) in [6.45, 7) is 0.654. The van der Waals surface area contributed by atoms with E-state index >= 15 is 0 Å². The second-order valence-electron chi connectivity index (χ2n) is 8.87. The van der Waals surface area contributed by atoms with Gasteiger partial charge in [-0.25, -0.2) is 4.79 Å². The molecule has 8 nitrogen and oxygen atoms in total. The van der Waals surface area contributed by atoms with Crippen LogP contribution in [0.4, 0.5) is 4.79 Å². The number of carbonyl (C=O) groups is 3. The number of aliphatic carboxylic acids is 1. The van der Waals surface area contributed by atoms with Gasteiger partial charge in [0.2, 0.25) is 0 Å². The van der Waals surface area contributed by atoms with Crippen molar-refractivity contribution in [3.8, 4) is 11.1 Å². The predicted molar refractivity (Wildman–Crippen MR) is 128 cm³/mol. The molecular weight excluding hydrogens is 446 g/mol. The fraction of sp³-hybridized carbons (Fsp3) is 0.259. The summed E-state index contributed by atoms with van der Waals surface area (Å²) in [5.74, 6) is -1.54. The van der Waals surface area contributed by atoms with E-state index in [1.807, 2.05) is 24.3 Å². The first kappa shape index (κ1) is 22.6. The van der Waals surface area contributed by atoms with Gasteiger partial charge >= 0.3 is 12.1 Å². The standard InChI is InChI=1S/C27H25N3O5/c31-25(29-13-17-12-23(17)26(32)33)16-9-10-28-18(11-16)14-30-27(34)35-15-24-21-7-3-1-5-19(21)20-6-2-4-8-22(20)24/h1-11,17,23-24H,12-15H2,(H,29,31)(H,30,34)(H,32,33)/t17-,23-/m0/s1. The van der Waals surface area contributed by atoms with E-state index < -0.39 is 12.1 Å². The average molecular weight is 472 g/mol. The summed E-state index contributed by atoms with van der Waals surface area (Å²) in [6, 6.07) is 19.4. The van der Waals surface area contributed by atoms with E-state index in [0.717, 1.165) is 22.3 Å². The molecule has 8 heteroatoms. The zero-order valence-corrected chi connectivity index (χ0v) is 18.9. The van der Waals surface area contributed by atoms with Gasteiger partial charge in [-0.05, 0) is 46.7 Å². The molecule has 35 heavy (non-hydrogen) atoms. The van der Waals surface area contributed by atoms with Gasteiger partial charge in [0, 0.05) is 24.2 Å². The minimum atomic E-state index is -0.824. The number of rotatable bonds is 8. The number of nitrogens with one attached hydrogen (secondary N) is 2. The van der Waals surface area contributed by atoms with Crippen LogP contribution < -0.4 is 10.6 Å². The zero-order valence-electron chi connectivity index (χ0n) is 18.9. The summed E-state index contributed by atoms with van der Waals surface area (Å²) in [5, 5.41) is 14.4. The molecule has 0 radical (unpaired) electrons. The van der Waals surface area contributed by atoms with Gasteiger partial charge in [-0.15, -0.1) is 0 Å². The zero-order chi connectivity index (χ0) is 24.4. The second kappa shape index (κ2) is 9.58. The van der Waals surface area contributed by atoms with Crippen molar-refractivity contribution in [2.45, 2.75) is 18.9 Å². The third-order valence-corrected chi connectivity index (χ3v) is 6.60. The van der Waals surface area contributed by atoms with E-state index in [2.05, 4.69) is 39.9 Å². The molecule has 3 N–H and O–H groups in total. The molecule has 3 aromatic rings. The highest BCUT2D eigenvalue weighted by atomic mass is 16.5. The maximum absolute atomic E-state index is 12.4. The molecule has 2 atom stereocenters. The van der Waals surface area contributed by atoms with Crippen LogP contribution in [-0.2, 0) is 16.1 Å². The van der Waals surface area contributed by atoms with E-state index in [4.69, 9.17) is 9.84 Å². The topological polar surface area (TPSA) is 118 Å². The Bertz CT molecular complexity index is 1250. The van der Waals surface area contributed by atoms with Crippen molar-refractivity contribution in [1.29, 1.82) is 0 Å². The molecule has 1 fully saturated rings. The Hall–Kier alpha value is -4.20. The SMILES string of the molecule is O=C(NCc1cc(C(=O)NC[C@@H]2C[C@@H]2C(=O)O)ccn1)OCC1c2ccccc2-c2ccccc21. The normalized spacial score (nSPS) is 17.7. The molecule has 5 rings (SSSR count). The van der Waals surface area contributed by atoms with Crippen molar-refractivity contribution in [3.05, 3.63) is 89.2 Å². The molecule has 0 saturated heterocycles. The molecule has 0 unspecified atom stereocenters. The monoisotopic (exact) mass is 471 g/mol. The Morgan fingerprint density at radius 2 is 1.66 bits per heavy atom. The Labute approximate surface area is 202 Å². The largest absolute Gasteiger partial charge is 0.481 e. The van der Waals surface area contributed by atoms with E-state index in [0.29, 0.717) is 24.2 Å². The van der Waals surface area contributed by atoms with E-state index in [9.17, 15) is 14.4 Å². The van der Waals surface area contributed by atoms with Gasteiger partial charge in [-0.3, -0.25) is 14.6 Å². The van der Waals surface area contributed by atoms with Gasteiger partial charge < -0.3 is 20.5 Å². The van der Waals surface area contributed by atoms with E-state index in [-0.39, 0.29) is 36.8 Å². The molecule has 2 amide bonds. The van der Waals surface area contributed by atoms with Crippen LogP contribution in [0.15, 0.2) is 66.9 Å². The number of hydrogen-bond donors (Lipinski definition) is 3. The summed E-state index contributed by atoms with van der Waals surface area (Å²) in [4.78, 5) is 39.9. The molecule has 0 aliphatic heterocycles. The summed E-state index contributed by atoms with van der Waals surface area (Å²) < 4.78 is 5.54. The fourth-order valence-electron chi connectivity index (χ4n) is 4.63. The minimum Gasteiger partial charge on any atom is -0.481 e. The Balaban J connectivity index is 1.13. The molecular formula is C27H25N3O5. The van der Waals surface area contributed by atoms with Crippen molar-refractivity contribution in [1.82, 2.24) is 15.6 Å². The fourth-order valence-corrected chi connectivity index (χ4v) is 4.63. The van der Waals surface area contributed by atoms with Gasteiger partial charge in [-0.2, -0.15) is 0 Å². The quantitative estimate of drug-likeness (QED) is 0.462. The maximum Gasteiger partial charge on any atom is 0.407 e. The highest BCUT2D eigenvalue weighted by molar-refractivity contribution is 5.94. The average Bonchev–Trinajstić information content (AvgIpc) is 3.60. The third-order valence-electron chi connectivity index (χ3n) is 6.60. The second-order valence-corrected chi connectivity index (χ2v) is 8.87. The van der Waals surface area contributed by atoms with Crippen molar-refractivity contribution >= 4 is 18.0 Å². The maximum atomic E-state index is 12.4. The number of pyridine rings is 1. The van der Waals surface area contributed by atoms with Crippen LogP contribution in [-0.4, -0.2) is 41.2 Å². The number of nitrogens with zero attached hydrogens (tertiary/aromatic N) is 1. The van der Waals surface area contributed by atoms with Crippen LogP contribution in [0.3, 0.4) is 0 Å². The number of amides is 2. The molecule has 1 saturated carbocycles. The number of fused-ring (bicyclic) bond motifs is 3. The Morgan fingerprint density at radius 1 is 0.971 bits per heavy atom. The van der Waals surface area contributed by atoms with Crippen LogP contribution >= 0.6 is 0 Å². The van der Waals surface area contributed by atoms with Crippen molar-refractivity contribution < 1.29 is 24.2 Å². The van der Waals surface area contributed by atoms with E-state index in [1.165, 1.54) is 6.20 Å². The van der Waals surface area contributed by atoms with Crippen molar-refractivity contribution in [2.75, 3.05) is 13.2 Å². The highest BCUT2D eigenvalue weighted by Crippen LogP contribution is 2.44. The first-order chi connectivity index (χ1) is 17.0. The van der Waals surface area contributed by atoms with E-state index in [1.54, 1.807) is 12.1 Å². The molecule has 0 bridgehead atoms. The molecule has 1 aromatic heterocycles. The number of carboxylic acids is 1. The van der Waals surface area contributed by atoms with Gasteiger partial charge in [0.15, 0.2) is 0 Å². The number of hydrogen-bond acceptors (Lipinski definition) is 5. The molecule has 178 valence electrons. The molecule has 2 aliphatic rings. The van der Waals surface area contributed by atoms with Crippen LogP contribution in [0.2, 0.25) is 0 Å². The summed E-state index contributed by atoms with van der Waals surface area (Å²) >= 11 is 0. The van der Waals surface area contributed by atoms with Crippen LogP contribution in [0.5, 0.6) is 0 Å². The first-order valence-electron chi connectivity index (χ1n) is 11.6. The lowest BCUT2D eigenvalue weighted by Gasteiger charge is -2.14. The number of carbonyl (C=O) groups excluding carboxylic acids is 2. The number of alkyl carbamates (subject to hydrolysis) is 1. The molecule has 2 aliphatic carbocycles. The van der Waals surface area contributed by atoms with Crippen molar-refractivity contribution in [2.24, 2.45) is 11.8 Å². The number of aromatic nitrogens is 1. The molecule has 0 spiro atoms. The van der Waals surface area contributed by atoms with Gasteiger partial charge in [-0.1, -0.05) is 48.5 Å². The summed E-state index contributed by atoms with van der Waals surface area (Å²) in [6.07, 6.45) is 1.53. The Kier molecular flexibility index (Phi) is 6.18. The first-order valence-corrected chi connectivity index (χ1v) is 11.6. The number of ether oxygens (including phenoxy) is 1. The highest BCUT2D eigenvalue weighted by Gasteiger charge is 2.43. The Morgan fingerprint density at radius 3 is 2.31 bits per heavy atom. The van der Waals surface area contributed by atoms with Gasteiger partial charge in [0.1, 0.15) is 6.61 Å². The van der Waals surface area contributed by atoms with Crippen molar-refractivity contribution in [3.63, 3.8) is 0 Å². The third kappa shape index (κ3) is 4.87. The lowest BCUT2D eigenvalue weighted by molar-refractivity contribution is -0.138. The summed E-state index contributed by atoms with van der Waals surface area (Å²) in [7, 11) is 0. The smallest absolute Gasteiger partial charge is 0.407 e. The number of benzene rings is 2. The lowest BCUT2D eigenvalue weighted by atomic mass is 9.98. The molecule has 1 heterocycles. The van der Waals surface area contributed by atoms with Crippen LogP contribution in [0.25, 0.3) is 11.1 Å². The summed E-state index contributed by atoms with van der Waals surface area (Å²) in [5.41, 5.74) is 5.52. The number of carboxylic acid groups (broad SMARTS) is 1. The lowest BCUT2D eigenvalue weighted by Crippen LogP contribution is -2.28. The predicted octanol–water partition coefficient (Wildman–Crippen LogP) is 3.57.